The molecule has 1 saturated carbocycles. The molecule has 2 aromatic rings. The van der Waals surface area contributed by atoms with Gasteiger partial charge in [0.15, 0.2) is 5.82 Å². The van der Waals surface area contributed by atoms with E-state index in [9.17, 15) is 4.79 Å². The number of carbonyl (C=O) groups is 1. The molecule has 3 rings (SSSR count). The van der Waals surface area contributed by atoms with Crippen LogP contribution in [-0.4, -0.2) is 26.5 Å². The maximum atomic E-state index is 12.0. The second-order valence-corrected chi connectivity index (χ2v) is 5.63. The number of hydrogen-bond donors (Lipinski definition) is 2. The van der Waals surface area contributed by atoms with E-state index in [-0.39, 0.29) is 5.91 Å². The van der Waals surface area contributed by atoms with Gasteiger partial charge in [-0.2, -0.15) is 16.6 Å². The third-order valence-corrected chi connectivity index (χ3v) is 4.31. The number of rotatable bonds is 5. The van der Waals surface area contributed by atoms with Gasteiger partial charge in [0.05, 0.1) is 0 Å². The second kappa shape index (κ2) is 5.08. The summed E-state index contributed by atoms with van der Waals surface area (Å²) in [5.41, 5.74) is 0.820. The minimum Gasteiger partial charge on any atom is -0.343 e. The Hall–Kier alpha value is -1.76. The Morgan fingerprint density at radius 1 is 1.53 bits per heavy atom. The maximum Gasteiger partial charge on any atom is 0.221 e. The lowest BCUT2D eigenvalue weighted by atomic mass is 9.76. The highest BCUT2D eigenvalue weighted by Crippen LogP contribution is 2.39. The molecule has 19 heavy (non-hydrogen) atoms. The van der Waals surface area contributed by atoms with Crippen molar-refractivity contribution in [3.63, 3.8) is 0 Å². The third kappa shape index (κ3) is 2.51. The Labute approximate surface area is 114 Å². The van der Waals surface area contributed by atoms with Crippen molar-refractivity contribution in [1.82, 2.24) is 25.9 Å². The molecule has 0 spiro atoms. The molecule has 7 heteroatoms. The van der Waals surface area contributed by atoms with Crippen LogP contribution in [0.3, 0.4) is 0 Å². The first-order valence-electron chi connectivity index (χ1n) is 6.34. The number of tetrazole rings is 1. The summed E-state index contributed by atoms with van der Waals surface area (Å²) in [6.45, 7) is 0. The van der Waals surface area contributed by atoms with Gasteiger partial charge in [-0.05, 0) is 48.1 Å². The minimum absolute atomic E-state index is 0.0516. The summed E-state index contributed by atoms with van der Waals surface area (Å²) in [6, 6.07) is 2.05. The predicted octanol–water partition coefficient (Wildman–Crippen LogP) is 1.39. The molecule has 2 N–H and O–H groups in total. The van der Waals surface area contributed by atoms with Crippen LogP contribution < -0.4 is 5.32 Å². The fraction of sp³-hybridized carbons (Fsp3) is 0.500. The molecular weight excluding hydrogens is 262 g/mol. The van der Waals surface area contributed by atoms with Crippen LogP contribution in [0.1, 0.15) is 37.1 Å². The topological polar surface area (TPSA) is 83.6 Å². The molecule has 100 valence electrons. The molecular formula is C12H15N5OS. The Morgan fingerprint density at radius 3 is 3.00 bits per heavy atom. The molecule has 1 amide bonds. The summed E-state index contributed by atoms with van der Waals surface area (Å²) in [5, 5.41) is 21.2. The summed E-state index contributed by atoms with van der Waals surface area (Å²) in [7, 11) is 0. The molecule has 0 bridgehead atoms. The maximum absolute atomic E-state index is 12.0. The molecule has 1 aliphatic carbocycles. The first-order chi connectivity index (χ1) is 9.28. The lowest BCUT2D eigenvalue weighted by Gasteiger charge is -2.39. The number of H-pyrrole nitrogens is 1. The van der Waals surface area contributed by atoms with Crippen molar-refractivity contribution in [3.05, 3.63) is 28.2 Å². The second-order valence-electron chi connectivity index (χ2n) is 4.85. The van der Waals surface area contributed by atoms with Gasteiger partial charge in [-0.25, -0.2) is 0 Å². The fourth-order valence-electron chi connectivity index (χ4n) is 2.32. The van der Waals surface area contributed by atoms with Crippen molar-refractivity contribution >= 4 is 17.2 Å². The molecule has 0 saturated heterocycles. The van der Waals surface area contributed by atoms with E-state index in [1.165, 1.54) is 5.56 Å². The van der Waals surface area contributed by atoms with Gasteiger partial charge in [-0.3, -0.25) is 4.79 Å². The standard InChI is InChI=1S/C12H15N5OS/c18-10(3-2-9-4-7-19-8-9)13-12(5-1-6-12)11-14-16-17-15-11/h4,7-8H,1-3,5-6H2,(H,13,18)(H,14,15,16,17). The number of thiophene rings is 1. The first-order valence-corrected chi connectivity index (χ1v) is 7.29. The average Bonchev–Trinajstić information content (AvgIpc) is 3.03. The van der Waals surface area contributed by atoms with Crippen LogP contribution in [0.25, 0.3) is 0 Å². The number of hydrogen-bond acceptors (Lipinski definition) is 5. The van der Waals surface area contributed by atoms with E-state index in [2.05, 4.69) is 37.4 Å². The molecule has 6 nitrogen and oxygen atoms in total. The van der Waals surface area contributed by atoms with Crippen LogP contribution in [-0.2, 0) is 16.8 Å². The molecule has 0 aliphatic heterocycles. The Balaban J connectivity index is 1.59. The van der Waals surface area contributed by atoms with Gasteiger partial charge in [0.1, 0.15) is 5.54 Å². The molecule has 1 fully saturated rings. The molecule has 1 aliphatic rings. The van der Waals surface area contributed by atoms with E-state index >= 15 is 0 Å². The largest absolute Gasteiger partial charge is 0.343 e. The SMILES string of the molecule is O=C(CCc1ccsc1)NC1(c2nn[nH]n2)CCC1. The van der Waals surface area contributed by atoms with Crippen LogP contribution >= 0.6 is 11.3 Å². The number of aromatic amines is 1. The van der Waals surface area contributed by atoms with Crippen LogP contribution in [0.4, 0.5) is 0 Å². The van der Waals surface area contributed by atoms with Gasteiger partial charge in [0, 0.05) is 6.42 Å². The summed E-state index contributed by atoms with van der Waals surface area (Å²) in [5.74, 6) is 0.651. The first kappa shape index (κ1) is 12.3. The van der Waals surface area contributed by atoms with Crippen molar-refractivity contribution in [1.29, 1.82) is 0 Å². The van der Waals surface area contributed by atoms with E-state index in [1.54, 1.807) is 11.3 Å². The molecule has 0 atom stereocenters. The molecule has 0 aromatic carbocycles. The Morgan fingerprint density at radius 2 is 2.42 bits per heavy atom. The Kier molecular flexibility index (Phi) is 3.29. The lowest BCUT2D eigenvalue weighted by molar-refractivity contribution is -0.124. The lowest BCUT2D eigenvalue weighted by Crippen LogP contribution is -2.51. The van der Waals surface area contributed by atoms with Gasteiger partial charge in [0.2, 0.25) is 5.91 Å². The van der Waals surface area contributed by atoms with Crippen molar-refractivity contribution in [2.24, 2.45) is 0 Å². The third-order valence-electron chi connectivity index (χ3n) is 3.58. The number of nitrogens with one attached hydrogen (secondary N) is 2. The van der Waals surface area contributed by atoms with Gasteiger partial charge in [0.25, 0.3) is 0 Å². The zero-order chi connectivity index (χ0) is 13.1. The normalized spacial score (nSPS) is 16.8. The van der Waals surface area contributed by atoms with E-state index < -0.39 is 5.54 Å². The summed E-state index contributed by atoms with van der Waals surface area (Å²) in [6.07, 6.45) is 4.13. The van der Waals surface area contributed by atoms with E-state index in [0.717, 1.165) is 25.7 Å². The highest BCUT2D eigenvalue weighted by Gasteiger charge is 2.43. The summed E-state index contributed by atoms with van der Waals surface area (Å²) < 4.78 is 0. The number of nitrogens with zero attached hydrogens (tertiary/aromatic N) is 3. The summed E-state index contributed by atoms with van der Waals surface area (Å²) in [4.78, 5) is 12.0. The Bertz CT molecular complexity index is 532. The quantitative estimate of drug-likeness (QED) is 0.865. The molecule has 2 aromatic heterocycles. The monoisotopic (exact) mass is 277 g/mol. The average molecular weight is 277 g/mol. The molecule has 0 radical (unpaired) electrons. The number of aromatic nitrogens is 4. The zero-order valence-electron chi connectivity index (χ0n) is 10.4. The highest BCUT2D eigenvalue weighted by atomic mass is 32.1. The van der Waals surface area contributed by atoms with Gasteiger partial charge < -0.3 is 5.32 Å². The molecule has 0 unspecified atom stereocenters. The van der Waals surface area contributed by atoms with Crippen LogP contribution in [0.2, 0.25) is 0 Å². The minimum atomic E-state index is -0.390. The number of amides is 1. The van der Waals surface area contributed by atoms with E-state index in [1.807, 2.05) is 5.38 Å². The van der Waals surface area contributed by atoms with Crippen molar-refractivity contribution in [2.45, 2.75) is 37.6 Å². The predicted molar refractivity (Wildman–Crippen MR) is 70.5 cm³/mol. The van der Waals surface area contributed by atoms with Gasteiger partial charge in [-0.15, -0.1) is 10.2 Å². The smallest absolute Gasteiger partial charge is 0.221 e. The van der Waals surface area contributed by atoms with Crippen molar-refractivity contribution < 1.29 is 4.79 Å². The van der Waals surface area contributed by atoms with E-state index in [0.29, 0.717) is 12.2 Å². The summed E-state index contributed by atoms with van der Waals surface area (Å²) >= 11 is 1.65. The highest BCUT2D eigenvalue weighted by molar-refractivity contribution is 7.07. The van der Waals surface area contributed by atoms with Crippen LogP contribution in [0.5, 0.6) is 0 Å². The van der Waals surface area contributed by atoms with Gasteiger partial charge in [-0.1, -0.05) is 5.21 Å². The number of carbonyl (C=O) groups excluding carboxylic acids is 1. The van der Waals surface area contributed by atoms with Crippen molar-refractivity contribution in [2.75, 3.05) is 0 Å². The molecule has 2 heterocycles. The zero-order valence-corrected chi connectivity index (χ0v) is 11.2. The van der Waals surface area contributed by atoms with E-state index in [4.69, 9.17) is 0 Å². The van der Waals surface area contributed by atoms with Crippen molar-refractivity contribution in [3.8, 4) is 0 Å². The van der Waals surface area contributed by atoms with Crippen LogP contribution in [0.15, 0.2) is 16.8 Å². The number of aryl methyl sites for hydroxylation is 1. The van der Waals surface area contributed by atoms with Gasteiger partial charge >= 0.3 is 0 Å². The van der Waals surface area contributed by atoms with Crippen LogP contribution in [0, 0.1) is 0 Å². The fourth-order valence-corrected chi connectivity index (χ4v) is 3.02.